The monoisotopic (exact) mass is 1060 g/mol. The molecule has 0 bridgehead atoms. The van der Waals surface area contributed by atoms with Gasteiger partial charge in [0.25, 0.3) is 11.8 Å². The van der Waals surface area contributed by atoms with Crippen LogP contribution in [0.3, 0.4) is 0 Å². The molecule has 7 amide bonds. The highest BCUT2D eigenvalue weighted by Gasteiger charge is 2.42. The number of carbonyl (C=O) groups excluding carboxylic acids is 7. The standard InChI is InChI=1S/C54H88N6O15/c1-11-39(2)50(44(68-9)37-48(64)59-22-15-18-43(59)51(69-10)41(4)52(66)56-40(3)36-42-16-13-12-14-17-42)57(7)49(65)38-55-53(67)54(5,6)58(8)45(61)21-24-70-26-28-72-30-32-74-34-35-75-33-31-73-29-27-71-25-23-60-46(62)19-20-47(60)63/h12-14,16-17,19-20,39-41,43-44,50-51H,11,15,18,21-38H2,1-10H3,(H,55,67)(H,56,66). The number of rotatable bonds is 39. The van der Waals surface area contributed by atoms with Gasteiger partial charge in [0, 0.05) is 53.1 Å². The maximum absolute atomic E-state index is 14.2. The molecule has 3 rings (SSSR count). The summed E-state index contributed by atoms with van der Waals surface area (Å²) in [5, 5.41) is 5.85. The van der Waals surface area contributed by atoms with E-state index in [1.165, 1.54) is 31.2 Å². The van der Waals surface area contributed by atoms with E-state index in [9.17, 15) is 33.6 Å². The largest absolute Gasteiger partial charge is 0.379 e. The topological polar surface area (TPSA) is 230 Å². The molecule has 1 fully saturated rings. The van der Waals surface area contributed by atoms with Gasteiger partial charge >= 0.3 is 0 Å². The molecular formula is C54H88N6O15. The first kappa shape index (κ1) is 64.4. The van der Waals surface area contributed by atoms with Gasteiger partial charge in [-0.05, 0) is 51.5 Å². The second kappa shape index (κ2) is 34.7. The lowest BCUT2D eigenvalue weighted by Crippen LogP contribution is -2.58. The fourth-order valence-electron chi connectivity index (χ4n) is 9.02. The number of hydrogen-bond acceptors (Lipinski definition) is 15. The quantitative estimate of drug-likeness (QED) is 0.0713. The van der Waals surface area contributed by atoms with Crippen LogP contribution in [0.5, 0.6) is 0 Å². The number of nitrogens with one attached hydrogen (secondary N) is 2. The number of imide groups is 1. The lowest BCUT2D eigenvalue weighted by atomic mass is 9.90. The third-order valence-electron chi connectivity index (χ3n) is 13.9. The summed E-state index contributed by atoms with van der Waals surface area (Å²) in [5.41, 5.74) is -0.170. The third kappa shape index (κ3) is 21.6. The summed E-state index contributed by atoms with van der Waals surface area (Å²) in [6, 6.07) is 9.04. The fraction of sp³-hybridized carbons (Fsp3) is 0.722. The van der Waals surface area contributed by atoms with Crippen LogP contribution >= 0.6 is 0 Å². The Morgan fingerprint density at radius 1 is 0.747 bits per heavy atom. The molecule has 1 aromatic rings. The van der Waals surface area contributed by atoms with Crippen LogP contribution in [-0.4, -0.2) is 224 Å². The Bertz CT molecular complexity index is 1920. The highest BCUT2D eigenvalue weighted by atomic mass is 16.6. The molecule has 7 unspecified atom stereocenters. The first-order valence-corrected chi connectivity index (χ1v) is 26.4. The zero-order valence-corrected chi connectivity index (χ0v) is 46.3. The molecule has 2 aliphatic heterocycles. The molecule has 2 heterocycles. The van der Waals surface area contributed by atoms with Crippen LogP contribution in [-0.2, 0) is 77.9 Å². The van der Waals surface area contributed by atoms with Crippen molar-refractivity contribution in [2.75, 3.05) is 127 Å². The van der Waals surface area contributed by atoms with Gasteiger partial charge in [0.05, 0.1) is 135 Å². The average Bonchev–Trinajstić information content (AvgIpc) is 4.01. The molecule has 2 N–H and O–H groups in total. The molecule has 424 valence electrons. The molecule has 0 saturated carbocycles. The Labute approximate surface area is 444 Å². The van der Waals surface area contributed by atoms with E-state index < -0.39 is 35.6 Å². The van der Waals surface area contributed by atoms with Gasteiger partial charge in [0.1, 0.15) is 5.54 Å². The van der Waals surface area contributed by atoms with Crippen molar-refractivity contribution >= 4 is 41.4 Å². The molecule has 7 atom stereocenters. The van der Waals surface area contributed by atoms with Crippen LogP contribution in [0.2, 0.25) is 0 Å². The van der Waals surface area contributed by atoms with Crippen molar-refractivity contribution in [3.63, 3.8) is 0 Å². The maximum Gasteiger partial charge on any atom is 0.253 e. The summed E-state index contributed by atoms with van der Waals surface area (Å²) in [4.78, 5) is 96.9. The molecular weight excluding hydrogens is 973 g/mol. The molecule has 0 radical (unpaired) electrons. The summed E-state index contributed by atoms with van der Waals surface area (Å²) in [7, 11) is 6.28. The molecule has 2 aliphatic rings. The van der Waals surface area contributed by atoms with E-state index in [1.807, 2.05) is 58.0 Å². The van der Waals surface area contributed by atoms with Gasteiger partial charge in [-0.15, -0.1) is 0 Å². The summed E-state index contributed by atoms with van der Waals surface area (Å²) < 4.78 is 44.9. The van der Waals surface area contributed by atoms with E-state index >= 15 is 0 Å². The summed E-state index contributed by atoms with van der Waals surface area (Å²) in [5.74, 6) is -2.77. The Morgan fingerprint density at radius 3 is 1.80 bits per heavy atom. The minimum absolute atomic E-state index is 0.00368. The number of likely N-dealkylation sites (tertiary alicyclic amines) is 1. The predicted molar refractivity (Wildman–Crippen MR) is 279 cm³/mol. The Kier molecular flexibility index (Phi) is 29.8. The Hall–Kier alpha value is -4.87. The number of hydrogen-bond donors (Lipinski definition) is 2. The Balaban J connectivity index is 1.32. The molecule has 0 aliphatic carbocycles. The molecule has 21 nitrogen and oxygen atoms in total. The van der Waals surface area contributed by atoms with Crippen LogP contribution in [0.4, 0.5) is 0 Å². The van der Waals surface area contributed by atoms with Crippen LogP contribution in [0.15, 0.2) is 42.5 Å². The van der Waals surface area contributed by atoms with Gasteiger partial charge in [-0.2, -0.15) is 0 Å². The van der Waals surface area contributed by atoms with E-state index in [0.717, 1.165) is 16.9 Å². The minimum Gasteiger partial charge on any atom is -0.379 e. The van der Waals surface area contributed by atoms with Crippen LogP contribution in [0.1, 0.15) is 79.2 Å². The summed E-state index contributed by atoms with van der Waals surface area (Å²) >= 11 is 0. The van der Waals surface area contributed by atoms with Gasteiger partial charge in [0.2, 0.25) is 29.5 Å². The molecule has 0 spiro atoms. The van der Waals surface area contributed by atoms with Crippen molar-refractivity contribution in [3.05, 3.63) is 48.0 Å². The zero-order valence-electron chi connectivity index (χ0n) is 46.3. The van der Waals surface area contributed by atoms with E-state index in [2.05, 4.69) is 10.6 Å². The van der Waals surface area contributed by atoms with Crippen LogP contribution in [0.25, 0.3) is 0 Å². The lowest BCUT2D eigenvalue weighted by Gasteiger charge is -2.39. The van der Waals surface area contributed by atoms with Crippen molar-refractivity contribution in [3.8, 4) is 0 Å². The van der Waals surface area contributed by atoms with Gasteiger partial charge in [-0.1, -0.05) is 57.5 Å². The lowest BCUT2D eigenvalue weighted by molar-refractivity contribution is -0.147. The number of methoxy groups -OCH3 is 2. The fourth-order valence-corrected chi connectivity index (χ4v) is 9.02. The number of nitrogens with zero attached hydrogens (tertiary/aromatic N) is 4. The highest BCUT2D eigenvalue weighted by molar-refractivity contribution is 6.12. The van der Waals surface area contributed by atoms with E-state index in [4.69, 9.17) is 37.9 Å². The van der Waals surface area contributed by atoms with Crippen molar-refractivity contribution in [1.29, 1.82) is 0 Å². The van der Waals surface area contributed by atoms with Crippen molar-refractivity contribution in [2.24, 2.45) is 11.8 Å². The number of amides is 7. The number of benzene rings is 1. The summed E-state index contributed by atoms with van der Waals surface area (Å²) in [6.07, 6.45) is 4.12. The molecule has 21 heteroatoms. The van der Waals surface area contributed by atoms with E-state index in [-0.39, 0.29) is 99.2 Å². The Morgan fingerprint density at radius 2 is 1.28 bits per heavy atom. The zero-order chi connectivity index (χ0) is 55.3. The van der Waals surface area contributed by atoms with E-state index in [1.54, 1.807) is 37.8 Å². The molecule has 1 aromatic carbocycles. The second-order valence-electron chi connectivity index (χ2n) is 19.5. The number of carbonyl (C=O) groups is 7. The number of ether oxygens (including phenoxy) is 8. The molecule has 75 heavy (non-hydrogen) atoms. The predicted octanol–water partition coefficient (Wildman–Crippen LogP) is 2.42. The second-order valence-corrected chi connectivity index (χ2v) is 19.5. The minimum atomic E-state index is -1.29. The molecule has 0 aromatic heterocycles. The number of likely N-dealkylation sites (N-methyl/N-ethyl adjacent to an activating group) is 2. The first-order chi connectivity index (χ1) is 35.9. The molecule has 1 saturated heterocycles. The third-order valence-corrected chi connectivity index (χ3v) is 13.9. The van der Waals surface area contributed by atoms with Gasteiger partial charge in [-0.25, -0.2) is 0 Å². The van der Waals surface area contributed by atoms with Crippen LogP contribution < -0.4 is 10.6 Å². The smallest absolute Gasteiger partial charge is 0.253 e. The highest BCUT2D eigenvalue weighted by Crippen LogP contribution is 2.29. The normalized spacial score (nSPS) is 17.1. The van der Waals surface area contributed by atoms with E-state index in [0.29, 0.717) is 85.3 Å². The van der Waals surface area contributed by atoms with Crippen molar-refractivity contribution in [1.82, 2.24) is 30.2 Å². The SMILES string of the molecule is CCC(C)C(C(CC(=O)N1CCCC1C(OC)C(C)C(=O)NC(C)Cc1ccccc1)OC)N(C)C(=O)CNC(=O)C(C)(C)N(C)C(=O)CCOCCOCCOCCOCCOCCOCCN1C(=O)C=CC1=O. The van der Waals surface area contributed by atoms with Gasteiger partial charge < -0.3 is 63.2 Å². The van der Waals surface area contributed by atoms with Crippen LogP contribution in [0, 0.1) is 11.8 Å². The summed E-state index contributed by atoms with van der Waals surface area (Å²) in [6.45, 7) is 15.3. The average molecular weight is 1060 g/mol. The van der Waals surface area contributed by atoms with Gasteiger partial charge in [-0.3, -0.25) is 38.5 Å². The maximum atomic E-state index is 14.2. The van der Waals surface area contributed by atoms with Crippen molar-refractivity contribution in [2.45, 2.75) is 116 Å². The first-order valence-electron chi connectivity index (χ1n) is 26.4. The van der Waals surface area contributed by atoms with Crippen molar-refractivity contribution < 1.29 is 71.5 Å². The van der Waals surface area contributed by atoms with Gasteiger partial charge in [0.15, 0.2) is 0 Å².